The van der Waals surface area contributed by atoms with Crippen molar-refractivity contribution in [2.45, 2.75) is 38.0 Å². The normalized spacial score (nSPS) is 28.6. The first-order valence-electron chi connectivity index (χ1n) is 8.76. The molecule has 25 heavy (non-hydrogen) atoms. The topological polar surface area (TPSA) is 53.5 Å². The van der Waals surface area contributed by atoms with Crippen molar-refractivity contribution in [1.82, 2.24) is 9.88 Å². The van der Waals surface area contributed by atoms with Gasteiger partial charge in [-0.05, 0) is 37.3 Å². The Morgan fingerprint density at radius 1 is 1.32 bits per heavy atom. The van der Waals surface area contributed by atoms with Crippen molar-refractivity contribution in [3.63, 3.8) is 0 Å². The molecule has 2 saturated heterocycles. The van der Waals surface area contributed by atoms with Crippen LogP contribution in [0.5, 0.6) is 0 Å². The third-order valence-electron chi connectivity index (χ3n) is 5.50. The summed E-state index contributed by atoms with van der Waals surface area (Å²) in [6.07, 6.45) is 5.34. The summed E-state index contributed by atoms with van der Waals surface area (Å²) in [5.41, 5.74) is -0.564. The Bertz CT molecular complexity index is 693. The van der Waals surface area contributed by atoms with Crippen molar-refractivity contribution >= 4 is 17.5 Å². The van der Waals surface area contributed by atoms with Crippen LogP contribution in [0.2, 0.25) is 0 Å². The zero-order valence-electron chi connectivity index (χ0n) is 14.0. The molecule has 7 heteroatoms. The SMILES string of the molecule is O=C(CC1CC1)N1CC(F)(F)CC2(CCN(c3cccnc3)C2=O)C1. The van der Waals surface area contributed by atoms with E-state index in [1.165, 1.54) is 9.80 Å². The fourth-order valence-electron chi connectivity index (χ4n) is 4.07. The van der Waals surface area contributed by atoms with Crippen LogP contribution in [0, 0.1) is 11.3 Å². The lowest BCUT2D eigenvalue weighted by molar-refractivity contribution is -0.159. The number of anilines is 1. The quantitative estimate of drug-likeness (QED) is 0.842. The van der Waals surface area contributed by atoms with E-state index >= 15 is 0 Å². The van der Waals surface area contributed by atoms with Gasteiger partial charge in [0.2, 0.25) is 11.8 Å². The molecule has 2 amide bonds. The lowest BCUT2D eigenvalue weighted by Crippen LogP contribution is -2.57. The molecule has 4 rings (SSSR count). The Morgan fingerprint density at radius 3 is 2.80 bits per heavy atom. The maximum atomic E-state index is 14.4. The Morgan fingerprint density at radius 2 is 2.12 bits per heavy atom. The van der Waals surface area contributed by atoms with Gasteiger partial charge in [0.1, 0.15) is 0 Å². The Labute approximate surface area is 145 Å². The molecule has 3 heterocycles. The summed E-state index contributed by atoms with van der Waals surface area (Å²) >= 11 is 0. The van der Waals surface area contributed by atoms with Gasteiger partial charge in [-0.25, -0.2) is 8.78 Å². The van der Waals surface area contributed by atoms with Crippen LogP contribution in [0.4, 0.5) is 14.5 Å². The van der Waals surface area contributed by atoms with E-state index in [2.05, 4.69) is 4.98 Å². The van der Waals surface area contributed by atoms with Gasteiger partial charge in [0.15, 0.2) is 0 Å². The number of hydrogen-bond acceptors (Lipinski definition) is 3. The number of rotatable bonds is 3. The van der Waals surface area contributed by atoms with Crippen molar-refractivity contribution in [3.8, 4) is 0 Å². The van der Waals surface area contributed by atoms with Crippen LogP contribution in [-0.4, -0.2) is 47.3 Å². The summed E-state index contributed by atoms with van der Waals surface area (Å²) in [7, 11) is 0. The lowest BCUT2D eigenvalue weighted by atomic mass is 9.76. The van der Waals surface area contributed by atoms with Crippen molar-refractivity contribution in [1.29, 1.82) is 0 Å². The Kier molecular flexibility index (Phi) is 3.77. The number of carbonyl (C=O) groups excluding carboxylic acids is 2. The minimum Gasteiger partial charge on any atom is -0.336 e. The molecule has 0 bridgehead atoms. The van der Waals surface area contributed by atoms with E-state index in [-0.39, 0.29) is 18.4 Å². The number of alkyl halides is 2. The number of nitrogens with zero attached hydrogens (tertiary/aromatic N) is 3. The zero-order valence-corrected chi connectivity index (χ0v) is 14.0. The number of hydrogen-bond donors (Lipinski definition) is 0. The summed E-state index contributed by atoms with van der Waals surface area (Å²) < 4.78 is 28.8. The standard InChI is InChI=1S/C18H21F2N3O2/c19-18(20)10-17(11-22(12-18)15(24)8-13-3-4-13)5-7-23(16(17)25)14-2-1-6-21-9-14/h1-2,6,9,13H,3-5,7-8,10-12H2. The fourth-order valence-corrected chi connectivity index (χ4v) is 4.07. The van der Waals surface area contributed by atoms with Crippen LogP contribution in [0.3, 0.4) is 0 Å². The number of amides is 2. The number of halogens is 2. The second kappa shape index (κ2) is 5.75. The van der Waals surface area contributed by atoms with Gasteiger partial charge < -0.3 is 9.80 Å². The van der Waals surface area contributed by atoms with E-state index in [4.69, 9.17) is 0 Å². The molecule has 1 unspecified atom stereocenters. The fraction of sp³-hybridized carbons (Fsp3) is 0.611. The third kappa shape index (κ3) is 3.12. The second-order valence-electron chi connectivity index (χ2n) is 7.63. The Hall–Kier alpha value is -2.05. The van der Waals surface area contributed by atoms with Crippen molar-refractivity contribution in [2.24, 2.45) is 11.3 Å². The number of piperidine rings is 1. The molecular weight excluding hydrogens is 328 g/mol. The Balaban J connectivity index is 1.57. The van der Waals surface area contributed by atoms with Gasteiger partial charge in [-0.1, -0.05) is 0 Å². The van der Waals surface area contributed by atoms with E-state index in [0.717, 1.165) is 12.8 Å². The second-order valence-corrected chi connectivity index (χ2v) is 7.63. The molecule has 3 aliphatic rings. The molecule has 1 aromatic rings. The van der Waals surface area contributed by atoms with Gasteiger partial charge in [-0.15, -0.1) is 0 Å². The minimum absolute atomic E-state index is 0.101. The van der Waals surface area contributed by atoms with Gasteiger partial charge in [0.05, 0.1) is 23.8 Å². The van der Waals surface area contributed by atoms with Crippen LogP contribution in [0.15, 0.2) is 24.5 Å². The predicted octanol–water partition coefficient (Wildman–Crippen LogP) is 2.47. The predicted molar refractivity (Wildman–Crippen MR) is 87.1 cm³/mol. The van der Waals surface area contributed by atoms with Gasteiger partial charge in [0.25, 0.3) is 5.92 Å². The molecule has 5 nitrogen and oxygen atoms in total. The van der Waals surface area contributed by atoms with Gasteiger partial charge in [0, 0.05) is 32.1 Å². The highest BCUT2D eigenvalue weighted by atomic mass is 19.3. The van der Waals surface area contributed by atoms with Crippen LogP contribution < -0.4 is 4.90 Å². The molecule has 1 aromatic heterocycles. The minimum atomic E-state index is -3.03. The maximum Gasteiger partial charge on any atom is 0.266 e. The number of aromatic nitrogens is 1. The summed E-state index contributed by atoms with van der Waals surface area (Å²) in [4.78, 5) is 32.1. The van der Waals surface area contributed by atoms with Crippen molar-refractivity contribution in [3.05, 3.63) is 24.5 Å². The van der Waals surface area contributed by atoms with E-state index in [9.17, 15) is 18.4 Å². The van der Waals surface area contributed by atoms with Gasteiger partial charge in [-0.2, -0.15) is 0 Å². The van der Waals surface area contributed by atoms with E-state index < -0.39 is 24.3 Å². The van der Waals surface area contributed by atoms with Crippen LogP contribution in [0.25, 0.3) is 0 Å². The molecule has 2 aliphatic heterocycles. The lowest BCUT2D eigenvalue weighted by Gasteiger charge is -2.43. The first-order valence-corrected chi connectivity index (χ1v) is 8.76. The van der Waals surface area contributed by atoms with Gasteiger partial charge >= 0.3 is 0 Å². The molecule has 1 spiro atoms. The molecule has 1 aliphatic carbocycles. The van der Waals surface area contributed by atoms with Crippen LogP contribution in [-0.2, 0) is 9.59 Å². The summed E-state index contributed by atoms with van der Waals surface area (Å²) in [5.74, 6) is -3.25. The summed E-state index contributed by atoms with van der Waals surface area (Å²) in [6, 6.07) is 3.47. The van der Waals surface area contributed by atoms with Crippen LogP contribution in [0.1, 0.15) is 32.1 Å². The number of likely N-dealkylation sites (tertiary alicyclic amines) is 1. The van der Waals surface area contributed by atoms with E-state index in [1.54, 1.807) is 24.5 Å². The third-order valence-corrected chi connectivity index (χ3v) is 5.50. The molecule has 0 N–H and O–H groups in total. The summed E-state index contributed by atoms with van der Waals surface area (Å²) in [6.45, 7) is -0.0878. The number of carbonyl (C=O) groups is 2. The average molecular weight is 349 g/mol. The average Bonchev–Trinajstić information content (AvgIpc) is 3.33. The molecule has 3 fully saturated rings. The smallest absolute Gasteiger partial charge is 0.266 e. The molecular formula is C18H21F2N3O2. The monoisotopic (exact) mass is 349 g/mol. The van der Waals surface area contributed by atoms with Crippen LogP contribution >= 0.6 is 0 Å². The summed E-state index contributed by atoms with van der Waals surface area (Å²) in [5, 5.41) is 0. The van der Waals surface area contributed by atoms with Crippen molar-refractivity contribution in [2.75, 3.05) is 24.5 Å². The highest BCUT2D eigenvalue weighted by Crippen LogP contribution is 2.47. The molecule has 134 valence electrons. The van der Waals surface area contributed by atoms with Crippen molar-refractivity contribution < 1.29 is 18.4 Å². The molecule has 1 atom stereocenters. The van der Waals surface area contributed by atoms with Gasteiger partial charge in [-0.3, -0.25) is 14.6 Å². The van der Waals surface area contributed by atoms with E-state index in [1.807, 2.05) is 0 Å². The maximum absolute atomic E-state index is 14.4. The highest BCUT2D eigenvalue weighted by Gasteiger charge is 2.58. The zero-order chi connectivity index (χ0) is 17.7. The number of pyridine rings is 1. The van der Waals surface area contributed by atoms with E-state index in [0.29, 0.717) is 31.0 Å². The first-order chi connectivity index (χ1) is 11.9. The largest absolute Gasteiger partial charge is 0.336 e. The molecule has 0 radical (unpaired) electrons. The molecule has 1 saturated carbocycles. The first kappa shape index (κ1) is 16.4. The highest BCUT2D eigenvalue weighted by molar-refractivity contribution is 6.00. The molecule has 0 aromatic carbocycles.